The van der Waals surface area contributed by atoms with E-state index in [1.54, 1.807) is 19.9 Å². The first-order valence-corrected chi connectivity index (χ1v) is 5.70. The number of hydrogen-bond acceptors (Lipinski definition) is 4. The van der Waals surface area contributed by atoms with Gasteiger partial charge in [0, 0.05) is 17.5 Å². The number of fused-ring (bicyclic) bond motifs is 1. The number of carbonyl (C=O) groups excluding carboxylic acids is 1. The molecule has 0 saturated heterocycles. The first kappa shape index (κ1) is 11.8. The van der Waals surface area contributed by atoms with Crippen LogP contribution in [-0.4, -0.2) is 17.7 Å². The van der Waals surface area contributed by atoms with Crippen LogP contribution in [0.4, 0.5) is 0 Å². The van der Waals surface area contributed by atoms with Crippen molar-refractivity contribution in [2.24, 2.45) is 0 Å². The lowest BCUT2D eigenvalue weighted by atomic mass is 10.0. The van der Waals surface area contributed by atoms with Crippen LogP contribution in [0.3, 0.4) is 0 Å². The molecule has 1 aliphatic heterocycles. The lowest BCUT2D eigenvalue weighted by molar-refractivity contribution is -0.149. The molecule has 0 spiro atoms. The van der Waals surface area contributed by atoms with E-state index in [0.717, 1.165) is 11.1 Å². The van der Waals surface area contributed by atoms with E-state index >= 15 is 0 Å². The minimum atomic E-state index is -0.350. The maximum absolute atomic E-state index is 11.3. The summed E-state index contributed by atoms with van der Waals surface area (Å²) >= 11 is 0. The van der Waals surface area contributed by atoms with Crippen LogP contribution in [-0.2, 0) is 9.53 Å². The molecule has 4 heteroatoms. The standard InChI is InChI=1S/C13H16O4/c1-4-11(15)17-10-6-16-13-8(3)9(14)5-7(2)12(10)13/h5,10,14H,4,6H2,1-3H3. The molecule has 0 bridgehead atoms. The molecular weight excluding hydrogens is 220 g/mol. The van der Waals surface area contributed by atoms with Crippen LogP contribution in [0.5, 0.6) is 11.5 Å². The lowest BCUT2D eigenvalue weighted by Gasteiger charge is -2.13. The van der Waals surface area contributed by atoms with Gasteiger partial charge in [0.15, 0.2) is 6.10 Å². The normalized spacial score (nSPS) is 17.5. The van der Waals surface area contributed by atoms with Crippen LogP contribution < -0.4 is 4.74 Å². The second-order valence-corrected chi connectivity index (χ2v) is 4.22. The van der Waals surface area contributed by atoms with Gasteiger partial charge in [-0.1, -0.05) is 6.92 Å². The molecule has 1 N–H and O–H groups in total. The van der Waals surface area contributed by atoms with Gasteiger partial charge < -0.3 is 14.6 Å². The number of benzene rings is 1. The number of esters is 1. The number of ether oxygens (including phenoxy) is 2. The van der Waals surface area contributed by atoms with Gasteiger partial charge in [0.05, 0.1) is 0 Å². The average molecular weight is 236 g/mol. The van der Waals surface area contributed by atoms with Crippen molar-refractivity contribution in [1.29, 1.82) is 0 Å². The van der Waals surface area contributed by atoms with Gasteiger partial charge in [0.1, 0.15) is 18.1 Å². The Morgan fingerprint density at radius 1 is 1.59 bits per heavy atom. The molecule has 4 nitrogen and oxygen atoms in total. The smallest absolute Gasteiger partial charge is 0.306 e. The summed E-state index contributed by atoms with van der Waals surface area (Å²) in [5.74, 6) is 0.622. The third kappa shape index (κ3) is 1.95. The summed E-state index contributed by atoms with van der Waals surface area (Å²) in [6.45, 7) is 5.75. The van der Waals surface area contributed by atoms with E-state index in [1.165, 1.54) is 0 Å². The van der Waals surface area contributed by atoms with Crippen LogP contribution in [0, 0.1) is 13.8 Å². The van der Waals surface area contributed by atoms with Gasteiger partial charge >= 0.3 is 5.97 Å². The van der Waals surface area contributed by atoms with Crippen molar-refractivity contribution >= 4 is 5.97 Å². The van der Waals surface area contributed by atoms with Crippen molar-refractivity contribution in [3.8, 4) is 11.5 Å². The Bertz CT molecular complexity index is 465. The molecule has 0 aliphatic carbocycles. The second-order valence-electron chi connectivity index (χ2n) is 4.22. The van der Waals surface area contributed by atoms with E-state index in [9.17, 15) is 9.90 Å². The zero-order valence-corrected chi connectivity index (χ0v) is 10.2. The Morgan fingerprint density at radius 3 is 2.94 bits per heavy atom. The summed E-state index contributed by atoms with van der Waals surface area (Å²) in [4.78, 5) is 11.3. The Kier molecular flexibility index (Phi) is 2.96. The predicted molar refractivity (Wildman–Crippen MR) is 62.2 cm³/mol. The number of hydrogen-bond donors (Lipinski definition) is 1. The van der Waals surface area contributed by atoms with Crippen molar-refractivity contribution in [3.05, 3.63) is 22.8 Å². The second kappa shape index (κ2) is 4.28. The van der Waals surface area contributed by atoms with Gasteiger partial charge in [-0.3, -0.25) is 4.79 Å². The van der Waals surface area contributed by atoms with Gasteiger partial charge in [0.25, 0.3) is 0 Å². The lowest BCUT2D eigenvalue weighted by Crippen LogP contribution is -2.12. The summed E-state index contributed by atoms with van der Waals surface area (Å²) < 4.78 is 10.8. The maximum atomic E-state index is 11.3. The summed E-state index contributed by atoms with van der Waals surface area (Å²) in [5, 5.41) is 9.69. The van der Waals surface area contributed by atoms with Crippen molar-refractivity contribution in [2.45, 2.75) is 33.3 Å². The quantitative estimate of drug-likeness (QED) is 0.801. The van der Waals surface area contributed by atoms with Gasteiger partial charge in [-0.25, -0.2) is 0 Å². The largest absolute Gasteiger partial charge is 0.508 e. The molecule has 1 aromatic rings. The van der Waals surface area contributed by atoms with Crippen LogP contribution in [0.1, 0.15) is 36.1 Å². The first-order valence-electron chi connectivity index (χ1n) is 5.70. The molecule has 17 heavy (non-hydrogen) atoms. The highest BCUT2D eigenvalue weighted by Crippen LogP contribution is 2.43. The SMILES string of the molecule is CCC(=O)OC1COc2c(C)c(O)cc(C)c21. The highest BCUT2D eigenvalue weighted by molar-refractivity contribution is 5.70. The molecule has 92 valence electrons. The molecule has 1 heterocycles. The van der Waals surface area contributed by atoms with E-state index < -0.39 is 0 Å². The van der Waals surface area contributed by atoms with E-state index in [4.69, 9.17) is 9.47 Å². The highest BCUT2D eigenvalue weighted by atomic mass is 16.6. The molecule has 0 aromatic heterocycles. The summed E-state index contributed by atoms with van der Waals surface area (Å²) in [5.41, 5.74) is 2.46. The van der Waals surface area contributed by atoms with Gasteiger partial charge in [-0.15, -0.1) is 0 Å². The zero-order chi connectivity index (χ0) is 12.6. The predicted octanol–water partition coefficient (Wildman–Crippen LogP) is 2.40. The summed E-state index contributed by atoms with van der Waals surface area (Å²) in [6.07, 6.45) is -0.00108. The van der Waals surface area contributed by atoms with Crippen LogP contribution >= 0.6 is 0 Å². The molecule has 0 radical (unpaired) electrons. The molecule has 1 aliphatic rings. The average Bonchev–Trinajstić information content (AvgIpc) is 2.70. The third-order valence-corrected chi connectivity index (χ3v) is 3.01. The number of aromatic hydroxyl groups is 1. The van der Waals surface area contributed by atoms with Crippen molar-refractivity contribution in [2.75, 3.05) is 6.61 Å². The maximum Gasteiger partial charge on any atom is 0.306 e. The van der Waals surface area contributed by atoms with Crippen molar-refractivity contribution in [3.63, 3.8) is 0 Å². The molecule has 0 saturated carbocycles. The molecule has 1 atom stereocenters. The Labute approximate surface area is 100 Å². The number of rotatable bonds is 2. The summed E-state index contributed by atoms with van der Waals surface area (Å²) in [7, 11) is 0. The Hall–Kier alpha value is -1.71. The molecule has 1 unspecified atom stereocenters. The Morgan fingerprint density at radius 2 is 2.29 bits per heavy atom. The van der Waals surface area contributed by atoms with Crippen LogP contribution in [0.15, 0.2) is 6.07 Å². The zero-order valence-electron chi connectivity index (χ0n) is 10.2. The van der Waals surface area contributed by atoms with Gasteiger partial charge in [-0.2, -0.15) is 0 Å². The summed E-state index contributed by atoms with van der Waals surface area (Å²) in [6, 6.07) is 1.68. The van der Waals surface area contributed by atoms with Crippen molar-refractivity contribution in [1.82, 2.24) is 0 Å². The fraction of sp³-hybridized carbons (Fsp3) is 0.462. The third-order valence-electron chi connectivity index (χ3n) is 3.01. The number of phenols is 1. The van der Waals surface area contributed by atoms with E-state index in [1.807, 2.05) is 6.92 Å². The minimum Gasteiger partial charge on any atom is -0.508 e. The number of carbonyl (C=O) groups is 1. The Balaban J connectivity index is 2.38. The fourth-order valence-electron chi connectivity index (χ4n) is 2.05. The van der Waals surface area contributed by atoms with E-state index in [0.29, 0.717) is 24.3 Å². The molecule has 2 rings (SSSR count). The fourth-order valence-corrected chi connectivity index (χ4v) is 2.05. The minimum absolute atomic E-state index is 0.212. The van der Waals surface area contributed by atoms with Crippen LogP contribution in [0.25, 0.3) is 0 Å². The van der Waals surface area contributed by atoms with Crippen molar-refractivity contribution < 1.29 is 19.4 Å². The number of phenolic OH excluding ortho intramolecular Hbond substituents is 1. The van der Waals surface area contributed by atoms with E-state index in [-0.39, 0.29) is 17.8 Å². The highest BCUT2D eigenvalue weighted by Gasteiger charge is 2.31. The number of aryl methyl sites for hydroxylation is 1. The van der Waals surface area contributed by atoms with Crippen LogP contribution in [0.2, 0.25) is 0 Å². The molecular formula is C13H16O4. The molecule has 0 amide bonds. The monoisotopic (exact) mass is 236 g/mol. The molecule has 1 aromatic carbocycles. The first-order chi connectivity index (χ1) is 8.04. The van der Waals surface area contributed by atoms with E-state index in [2.05, 4.69) is 0 Å². The van der Waals surface area contributed by atoms with Gasteiger partial charge in [0.2, 0.25) is 0 Å². The van der Waals surface area contributed by atoms with Gasteiger partial charge in [-0.05, 0) is 25.5 Å². The molecule has 0 fully saturated rings. The topological polar surface area (TPSA) is 55.8 Å².